The van der Waals surface area contributed by atoms with E-state index in [1.807, 2.05) is 24.3 Å². The zero-order valence-electron chi connectivity index (χ0n) is 14.8. The van der Waals surface area contributed by atoms with Crippen molar-refractivity contribution in [3.8, 4) is 5.75 Å². The lowest BCUT2D eigenvalue weighted by atomic mass is 10.2. The first-order chi connectivity index (χ1) is 11.7. The molecule has 1 aliphatic rings. The average Bonchev–Trinajstić information content (AvgIpc) is 2.61. The standard InChI is InChI=1S/C19H31N3O2/c1-3-8-20-14-17-6-5-7-19(13-17)24-16-18(23)15-22-11-9-21(4-2)10-12-22/h3,5-7,13,18,20,23H,1,4,8-12,14-16H2,2H3/t18-/m1/s1. The molecule has 0 spiro atoms. The van der Waals surface area contributed by atoms with Crippen molar-refractivity contribution in [3.63, 3.8) is 0 Å². The lowest BCUT2D eigenvalue weighted by Crippen LogP contribution is -2.49. The molecular weight excluding hydrogens is 302 g/mol. The molecule has 5 nitrogen and oxygen atoms in total. The van der Waals surface area contributed by atoms with Crippen LogP contribution >= 0.6 is 0 Å². The molecule has 24 heavy (non-hydrogen) atoms. The summed E-state index contributed by atoms with van der Waals surface area (Å²) in [4.78, 5) is 4.75. The van der Waals surface area contributed by atoms with Gasteiger partial charge in [0.15, 0.2) is 0 Å². The zero-order valence-corrected chi connectivity index (χ0v) is 14.8. The lowest BCUT2D eigenvalue weighted by Gasteiger charge is -2.34. The number of hydrogen-bond donors (Lipinski definition) is 2. The first-order valence-electron chi connectivity index (χ1n) is 8.87. The highest BCUT2D eigenvalue weighted by molar-refractivity contribution is 5.28. The van der Waals surface area contributed by atoms with Crippen LogP contribution in [0.4, 0.5) is 0 Å². The number of nitrogens with one attached hydrogen (secondary N) is 1. The monoisotopic (exact) mass is 333 g/mol. The van der Waals surface area contributed by atoms with Gasteiger partial charge in [-0.1, -0.05) is 25.1 Å². The summed E-state index contributed by atoms with van der Waals surface area (Å²) >= 11 is 0. The Morgan fingerprint density at radius 3 is 2.75 bits per heavy atom. The normalized spacial score (nSPS) is 17.6. The minimum atomic E-state index is -0.458. The van der Waals surface area contributed by atoms with Gasteiger partial charge in [-0.15, -0.1) is 6.58 Å². The highest BCUT2D eigenvalue weighted by atomic mass is 16.5. The Morgan fingerprint density at radius 2 is 2.04 bits per heavy atom. The van der Waals surface area contributed by atoms with Crippen LogP contribution in [0.3, 0.4) is 0 Å². The smallest absolute Gasteiger partial charge is 0.119 e. The fourth-order valence-corrected chi connectivity index (χ4v) is 2.90. The van der Waals surface area contributed by atoms with Crippen molar-refractivity contribution in [2.75, 3.05) is 52.4 Å². The maximum absolute atomic E-state index is 10.2. The van der Waals surface area contributed by atoms with Gasteiger partial charge >= 0.3 is 0 Å². The van der Waals surface area contributed by atoms with E-state index >= 15 is 0 Å². The predicted molar refractivity (Wildman–Crippen MR) is 98.4 cm³/mol. The van der Waals surface area contributed by atoms with E-state index in [0.29, 0.717) is 13.2 Å². The summed E-state index contributed by atoms with van der Waals surface area (Å²) < 4.78 is 5.76. The molecule has 0 aliphatic carbocycles. The van der Waals surface area contributed by atoms with Crippen LogP contribution in [0.2, 0.25) is 0 Å². The van der Waals surface area contributed by atoms with Crippen LogP contribution in [0.5, 0.6) is 5.75 Å². The first-order valence-corrected chi connectivity index (χ1v) is 8.87. The molecule has 0 radical (unpaired) electrons. The van der Waals surface area contributed by atoms with E-state index in [4.69, 9.17) is 4.74 Å². The summed E-state index contributed by atoms with van der Waals surface area (Å²) in [6.45, 7) is 13.8. The third-order valence-electron chi connectivity index (χ3n) is 4.34. The molecule has 0 unspecified atom stereocenters. The topological polar surface area (TPSA) is 48.0 Å². The molecule has 0 amide bonds. The molecular formula is C19H31N3O2. The van der Waals surface area contributed by atoms with Gasteiger partial charge in [-0.3, -0.25) is 4.90 Å². The Labute approximate surface area is 145 Å². The molecule has 2 N–H and O–H groups in total. The van der Waals surface area contributed by atoms with Gasteiger partial charge in [-0.05, 0) is 24.2 Å². The van der Waals surface area contributed by atoms with Gasteiger partial charge in [0.2, 0.25) is 0 Å². The summed E-state index contributed by atoms with van der Waals surface area (Å²) in [6.07, 6.45) is 1.39. The Hall–Kier alpha value is -1.40. The molecule has 1 atom stereocenters. The summed E-state index contributed by atoms with van der Waals surface area (Å²) in [7, 11) is 0. The fraction of sp³-hybridized carbons (Fsp3) is 0.579. The van der Waals surface area contributed by atoms with Crippen LogP contribution in [0.15, 0.2) is 36.9 Å². The molecule has 0 bridgehead atoms. The number of aliphatic hydroxyl groups excluding tert-OH is 1. The van der Waals surface area contributed by atoms with Crippen molar-refractivity contribution in [2.24, 2.45) is 0 Å². The van der Waals surface area contributed by atoms with Crippen LogP contribution in [0.25, 0.3) is 0 Å². The second kappa shape index (κ2) is 10.5. The van der Waals surface area contributed by atoms with Crippen molar-refractivity contribution in [1.29, 1.82) is 0 Å². The predicted octanol–water partition coefficient (Wildman–Crippen LogP) is 1.34. The van der Waals surface area contributed by atoms with Crippen molar-refractivity contribution in [3.05, 3.63) is 42.5 Å². The SMILES string of the molecule is C=CCNCc1cccc(OC[C@H](O)CN2CCN(CC)CC2)c1. The van der Waals surface area contributed by atoms with Crippen molar-refractivity contribution >= 4 is 0 Å². The van der Waals surface area contributed by atoms with Crippen molar-refractivity contribution < 1.29 is 9.84 Å². The van der Waals surface area contributed by atoms with E-state index < -0.39 is 6.10 Å². The zero-order chi connectivity index (χ0) is 17.2. The average molecular weight is 333 g/mol. The van der Waals surface area contributed by atoms with Crippen molar-refractivity contribution in [1.82, 2.24) is 15.1 Å². The Balaban J connectivity index is 1.70. The number of benzene rings is 1. The van der Waals surface area contributed by atoms with Crippen LogP contribution in [-0.2, 0) is 6.54 Å². The molecule has 1 saturated heterocycles. The Morgan fingerprint density at radius 1 is 1.29 bits per heavy atom. The molecule has 1 aromatic rings. The van der Waals surface area contributed by atoms with Gasteiger partial charge in [-0.25, -0.2) is 0 Å². The number of ether oxygens (including phenoxy) is 1. The van der Waals surface area contributed by atoms with Gasteiger partial charge in [0.05, 0.1) is 0 Å². The number of piperazine rings is 1. The van der Waals surface area contributed by atoms with Gasteiger partial charge in [0, 0.05) is 45.8 Å². The lowest BCUT2D eigenvalue weighted by molar-refractivity contribution is 0.0471. The minimum absolute atomic E-state index is 0.331. The number of β-amino-alcohol motifs (C(OH)–C–C–N with tert-alkyl or cyclic N) is 1. The van der Waals surface area contributed by atoms with E-state index in [9.17, 15) is 5.11 Å². The van der Waals surface area contributed by atoms with Crippen LogP contribution in [-0.4, -0.2) is 73.4 Å². The van der Waals surface area contributed by atoms with Crippen LogP contribution < -0.4 is 10.1 Å². The van der Waals surface area contributed by atoms with Crippen LogP contribution in [0.1, 0.15) is 12.5 Å². The largest absolute Gasteiger partial charge is 0.491 e. The molecule has 1 fully saturated rings. The van der Waals surface area contributed by atoms with E-state index in [1.54, 1.807) is 0 Å². The second-order valence-electron chi connectivity index (χ2n) is 6.27. The summed E-state index contributed by atoms with van der Waals surface area (Å²) in [5.74, 6) is 0.808. The number of likely N-dealkylation sites (N-methyl/N-ethyl adjacent to an activating group) is 1. The summed E-state index contributed by atoms with van der Waals surface area (Å²) in [5.41, 5.74) is 1.17. The summed E-state index contributed by atoms with van der Waals surface area (Å²) in [6, 6.07) is 8.00. The molecule has 0 aromatic heterocycles. The number of nitrogens with zero attached hydrogens (tertiary/aromatic N) is 2. The van der Waals surface area contributed by atoms with Crippen LogP contribution in [0, 0.1) is 0 Å². The molecule has 1 heterocycles. The van der Waals surface area contributed by atoms with Gasteiger partial charge in [0.25, 0.3) is 0 Å². The molecule has 2 rings (SSSR count). The number of aliphatic hydroxyl groups is 1. The third-order valence-corrected chi connectivity index (χ3v) is 4.34. The fourth-order valence-electron chi connectivity index (χ4n) is 2.90. The summed E-state index contributed by atoms with van der Waals surface area (Å²) in [5, 5.41) is 13.5. The van der Waals surface area contributed by atoms with Gasteiger partial charge in [0.1, 0.15) is 18.5 Å². The molecule has 1 aromatic carbocycles. The quantitative estimate of drug-likeness (QED) is 0.500. The van der Waals surface area contributed by atoms with Crippen molar-refractivity contribution in [2.45, 2.75) is 19.6 Å². The van der Waals surface area contributed by atoms with E-state index in [-0.39, 0.29) is 0 Å². The van der Waals surface area contributed by atoms with Gasteiger partial charge < -0.3 is 20.1 Å². The van der Waals surface area contributed by atoms with E-state index in [2.05, 4.69) is 34.7 Å². The molecule has 0 saturated carbocycles. The van der Waals surface area contributed by atoms with E-state index in [1.165, 1.54) is 5.56 Å². The highest BCUT2D eigenvalue weighted by Gasteiger charge is 2.18. The molecule has 134 valence electrons. The van der Waals surface area contributed by atoms with Gasteiger partial charge in [-0.2, -0.15) is 0 Å². The maximum atomic E-state index is 10.2. The number of rotatable bonds is 10. The van der Waals surface area contributed by atoms with E-state index in [0.717, 1.165) is 51.6 Å². The molecule has 5 heteroatoms. The number of hydrogen-bond acceptors (Lipinski definition) is 5. The third kappa shape index (κ3) is 6.61. The minimum Gasteiger partial charge on any atom is -0.491 e. The maximum Gasteiger partial charge on any atom is 0.119 e. The Bertz CT molecular complexity index is 487. The first kappa shape index (κ1) is 18.9. The Kier molecular flexibility index (Phi) is 8.25. The molecule has 1 aliphatic heterocycles. The second-order valence-corrected chi connectivity index (χ2v) is 6.27. The highest BCUT2D eigenvalue weighted by Crippen LogP contribution is 2.14.